The Morgan fingerprint density at radius 1 is 1.20 bits per heavy atom. The Hall–Kier alpha value is -1.63. The molecule has 1 aromatic heterocycles. The quantitative estimate of drug-likeness (QED) is 0.434. The van der Waals surface area contributed by atoms with E-state index >= 15 is 0 Å². The molecule has 25 heavy (non-hydrogen) atoms. The van der Waals surface area contributed by atoms with Gasteiger partial charge in [-0.25, -0.2) is 0 Å². The summed E-state index contributed by atoms with van der Waals surface area (Å²) in [7, 11) is 1.87. The first-order valence-electron chi connectivity index (χ1n) is 8.72. The number of rotatable bonds is 3. The van der Waals surface area contributed by atoms with Gasteiger partial charge in [0.25, 0.3) is 0 Å². The van der Waals surface area contributed by atoms with Crippen LogP contribution >= 0.6 is 24.0 Å². The van der Waals surface area contributed by atoms with Crippen LogP contribution in [-0.2, 0) is 6.54 Å². The highest BCUT2D eigenvalue weighted by molar-refractivity contribution is 14.0. The lowest BCUT2D eigenvalue weighted by Crippen LogP contribution is -2.45. The Morgan fingerprint density at radius 2 is 2.00 bits per heavy atom. The number of likely N-dealkylation sites (tertiary alicyclic amines) is 1. The van der Waals surface area contributed by atoms with E-state index in [-0.39, 0.29) is 24.0 Å². The van der Waals surface area contributed by atoms with Gasteiger partial charge in [-0.2, -0.15) is 0 Å². The molecule has 0 saturated carbocycles. The minimum absolute atomic E-state index is 0. The summed E-state index contributed by atoms with van der Waals surface area (Å²) in [6.07, 6.45) is 4.32. The van der Waals surface area contributed by atoms with Crippen molar-refractivity contribution in [3.63, 3.8) is 0 Å². The van der Waals surface area contributed by atoms with Crippen molar-refractivity contribution in [2.24, 2.45) is 10.9 Å². The molecular weight excluding hydrogens is 423 g/mol. The van der Waals surface area contributed by atoms with Crippen molar-refractivity contribution in [2.75, 3.05) is 20.1 Å². The van der Waals surface area contributed by atoms with Crippen LogP contribution in [0.4, 0.5) is 0 Å². The van der Waals surface area contributed by atoms with Gasteiger partial charge in [0.2, 0.25) is 0 Å². The largest absolute Gasteiger partial charge is 0.352 e. The molecule has 1 N–H and O–H groups in total. The molecule has 0 unspecified atom stereocenters. The molecule has 134 valence electrons. The van der Waals surface area contributed by atoms with Crippen LogP contribution in [0.15, 0.2) is 53.7 Å². The molecule has 0 aliphatic carbocycles. The van der Waals surface area contributed by atoms with E-state index in [9.17, 15) is 0 Å². The van der Waals surface area contributed by atoms with Gasteiger partial charge in [0.05, 0.1) is 5.69 Å². The fraction of sp³-hybridized carbons (Fsp3) is 0.400. The molecular formula is C20H27IN4. The monoisotopic (exact) mass is 450 g/mol. The lowest BCUT2D eigenvalue weighted by Gasteiger charge is -2.33. The number of halogens is 1. The average Bonchev–Trinajstić information content (AvgIpc) is 2.64. The van der Waals surface area contributed by atoms with Gasteiger partial charge >= 0.3 is 0 Å². The fourth-order valence-corrected chi connectivity index (χ4v) is 3.11. The number of aliphatic imine (C=N–C) groups is 1. The Labute approximate surface area is 167 Å². The number of aromatic nitrogens is 1. The van der Waals surface area contributed by atoms with Gasteiger partial charge in [-0.3, -0.25) is 9.98 Å². The minimum Gasteiger partial charge on any atom is -0.352 e. The average molecular weight is 450 g/mol. The van der Waals surface area contributed by atoms with Gasteiger partial charge in [0, 0.05) is 38.4 Å². The second-order valence-corrected chi connectivity index (χ2v) is 6.49. The number of nitrogens with one attached hydrogen (secondary N) is 1. The van der Waals surface area contributed by atoms with E-state index in [1.54, 1.807) is 0 Å². The van der Waals surface area contributed by atoms with Crippen molar-refractivity contribution >= 4 is 29.9 Å². The van der Waals surface area contributed by atoms with Crippen molar-refractivity contribution in [3.8, 4) is 11.3 Å². The molecule has 0 bridgehead atoms. The first-order chi connectivity index (χ1) is 11.8. The van der Waals surface area contributed by atoms with Crippen molar-refractivity contribution in [2.45, 2.75) is 26.3 Å². The number of nitrogens with zero attached hydrogens (tertiary/aromatic N) is 3. The van der Waals surface area contributed by atoms with E-state index in [1.165, 1.54) is 18.4 Å². The lowest BCUT2D eigenvalue weighted by atomic mass is 9.99. The van der Waals surface area contributed by atoms with Gasteiger partial charge in [-0.1, -0.05) is 31.2 Å². The Morgan fingerprint density at radius 3 is 2.68 bits per heavy atom. The molecule has 1 aromatic carbocycles. The zero-order valence-electron chi connectivity index (χ0n) is 15.0. The molecule has 1 saturated heterocycles. The van der Waals surface area contributed by atoms with Crippen LogP contribution in [0.1, 0.15) is 25.3 Å². The Balaban J connectivity index is 0.00000225. The Kier molecular flexibility index (Phi) is 7.68. The number of hydrogen-bond acceptors (Lipinski definition) is 2. The van der Waals surface area contributed by atoms with Crippen LogP contribution in [0.25, 0.3) is 11.3 Å². The zero-order valence-corrected chi connectivity index (χ0v) is 17.3. The molecule has 1 aliphatic rings. The van der Waals surface area contributed by atoms with E-state index in [4.69, 9.17) is 0 Å². The van der Waals surface area contributed by atoms with Crippen LogP contribution in [0, 0.1) is 5.92 Å². The molecule has 1 aliphatic heterocycles. The van der Waals surface area contributed by atoms with Crippen LogP contribution in [0.3, 0.4) is 0 Å². The summed E-state index contributed by atoms with van der Waals surface area (Å²) in [6, 6.07) is 14.5. The van der Waals surface area contributed by atoms with Crippen molar-refractivity contribution in [1.82, 2.24) is 15.2 Å². The highest BCUT2D eigenvalue weighted by Gasteiger charge is 2.18. The maximum Gasteiger partial charge on any atom is 0.193 e. The topological polar surface area (TPSA) is 40.5 Å². The third-order valence-electron chi connectivity index (χ3n) is 4.63. The van der Waals surface area contributed by atoms with Crippen molar-refractivity contribution < 1.29 is 0 Å². The summed E-state index contributed by atoms with van der Waals surface area (Å²) in [4.78, 5) is 11.2. The first kappa shape index (κ1) is 19.7. The molecule has 2 heterocycles. The van der Waals surface area contributed by atoms with Gasteiger partial charge < -0.3 is 10.2 Å². The van der Waals surface area contributed by atoms with Crippen LogP contribution in [-0.4, -0.2) is 36.0 Å². The molecule has 4 nitrogen and oxygen atoms in total. The van der Waals surface area contributed by atoms with E-state index in [0.717, 1.165) is 42.8 Å². The van der Waals surface area contributed by atoms with Crippen molar-refractivity contribution in [1.29, 1.82) is 0 Å². The maximum atomic E-state index is 4.45. The van der Waals surface area contributed by atoms with Crippen LogP contribution in [0.5, 0.6) is 0 Å². The summed E-state index contributed by atoms with van der Waals surface area (Å²) in [5.41, 5.74) is 3.40. The Bertz CT molecular complexity index is 679. The van der Waals surface area contributed by atoms with E-state index in [2.05, 4.69) is 51.4 Å². The SMILES string of the molecule is CN=C(NCc1cccc(-c2ccccn2)c1)N1CCC(C)CC1.I. The van der Waals surface area contributed by atoms with Crippen molar-refractivity contribution in [3.05, 3.63) is 54.2 Å². The lowest BCUT2D eigenvalue weighted by molar-refractivity contribution is 0.273. The van der Waals surface area contributed by atoms with E-state index < -0.39 is 0 Å². The highest BCUT2D eigenvalue weighted by Crippen LogP contribution is 2.18. The number of guanidine groups is 1. The molecule has 0 radical (unpaired) electrons. The molecule has 0 amide bonds. The van der Waals surface area contributed by atoms with Gasteiger partial charge in [0.15, 0.2) is 5.96 Å². The number of piperidine rings is 1. The number of pyridine rings is 1. The summed E-state index contributed by atoms with van der Waals surface area (Å²) in [5.74, 6) is 1.83. The number of hydrogen-bond donors (Lipinski definition) is 1. The second-order valence-electron chi connectivity index (χ2n) is 6.49. The normalized spacial score (nSPS) is 15.6. The van der Waals surface area contributed by atoms with E-state index in [1.807, 2.05) is 31.4 Å². The smallest absolute Gasteiger partial charge is 0.193 e. The summed E-state index contributed by atoms with van der Waals surface area (Å²) in [6.45, 7) is 5.29. The zero-order chi connectivity index (χ0) is 16.8. The predicted octanol–water partition coefficient (Wildman–Crippen LogP) is 4.17. The molecule has 1 fully saturated rings. The summed E-state index contributed by atoms with van der Waals surface area (Å²) in [5, 5.41) is 3.50. The summed E-state index contributed by atoms with van der Waals surface area (Å²) >= 11 is 0. The van der Waals surface area contributed by atoms with Gasteiger partial charge in [-0.05, 0) is 42.5 Å². The maximum absolute atomic E-state index is 4.45. The molecule has 0 atom stereocenters. The minimum atomic E-state index is 0. The van der Waals surface area contributed by atoms with Gasteiger partial charge in [-0.15, -0.1) is 24.0 Å². The highest BCUT2D eigenvalue weighted by atomic mass is 127. The predicted molar refractivity (Wildman–Crippen MR) is 115 cm³/mol. The number of benzene rings is 1. The van der Waals surface area contributed by atoms with Crippen LogP contribution < -0.4 is 5.32 Å². The third-order valence-corrected chi connectivity index (χ3v) is 4.63. The molecule has 2 aromatic rings. The van der Waals surface area contributed by atoms with E-state index in [0.29, 0.717) is 0 Å². The third kappa shape index (κ3) is 5.42. The van der Waals surface area contributed by atoms with Crippen LogP contribution in [0.2, 0.25) is 0 Å². The van der Waals surface area contributed by atoms with Gasteiger partial charge in [0.1, 0.15) is 0 Å². The fourth-order valence-electron chi connectivity index (χ4n) is 3.11. The second kappa shape index (κ2) is 9.75. The molecule has 5 heteroatoms. The standard InChI is InChI=1S/C20H26N4.HI/c1-16-9-12-24(13-10-16)20(21-2)23-15-17-6-5-7-18(14-17)19-8-3-4-11-22-19;/h3-8,11,14,16H,9-10,12-13,15H2,1-2H3,(H,21,23);1H. The molecule has 3 rings (SSSR count). The first-order valence-corrected chi connectivity index (χ1v) is 8.72. The summed E-state index contributed by atoms with van der Waals surface area (Å²) < 4.78 is 0. The molecule has 0 spiro atoms.